The Bertz CT molecular complexity index is 3940. The molecule has 12 aromatic rings. The van der Waals surface area contributed by atoms with Gasteiger partial charge >= 0.3 is 0 Å². The maximum absolute atomic E-state index is 7.04. The van der Waals surface area contributed by atoms with Gasteiger partial charge in [-0.25, -0.2) is 9.67 Å². The van der Waals surface area contributed by atoms with Gasteiger partial charge in [-0.15, -0.1) is 0 Å². The molecule has 7 heterocycles. The minimum Gasteiger partial charge on any atom is -0.455 e. The first kappa shape index (κ1) is 38.5. The van der Waals surface area contributed by atoms with Crippen molar-refractivity contribution in [1.82, 2.24) is 14.8 Å². The van der Waals surface area contributed by atoms with E-state index >= 15 is 0 Å². The number of furan rings is 2. The molecule has 0 N–H and O–H groups in total. The summed E-state index contributed by atoms with van der Waals surface area (Å²) in [4.78, 5) is 5.08. The van der Waals surface area contributed by atoms with E-state index in [-0.39, 0.29) is 11.5 Å². The zero-order valence-electron chi connectivity index (χ0n) is 37.4. The lowest BCUT2D eigenvalue weighted by molar-refractivity contribution is -0.757. The third-order valence-electron chi connectivity index (χ3n) is 13.8. The summed E-state index contributed by atoms with van der Waals surface area (Å²) in [5.74, 6) is 1.67. The van der Waals surface area contributed by atoms with Gasteiger partial charge < -0.3 is 8.83 Å². The Balaban J connectivity index is 1.02. The molecule has 1 atom stereocenters. The van der Waals surface area contributed by atoms with Crippen LogP contribution < -0.4 is 13.7 Å². The number of rotatable bonds is 7. The molecule has 66 heavy (non-hydrogen) atoms. The van der Waals surface area contributed by atoms with Crippen LogP contribution in [0.4, 0.5) is 0 Å². The van der Waals surface area contributed by atoms with Gasteiger partial charge in [-0.05, 0) is 54.1 Å². The Hall–Kier alpha value is -7.97. The molecule has 0 radical (unpaired) electrons. The molecule has 1 unspecified atom stereocenters. The molecule has 0 bridgehead atoms. The van der Waals surface area contributed by atoms with Crippen LogP contribution in [0.1, 0.15) is 43.8 Å². The van der Waals surface area contributed by atoms with Crippen molar-refractivity contribution in [1.29, 1.82) is 0 Å². The van der Waals surface area contributed by atoms with Gasteiger partial charge in [0.1, 0.15) is 22.3 Å². The highest BCUT2D eigenvalue weighted by Gasteiger charge is 2.42. The van der Waals surface area contributed by atoms with Gasteiger partial charge in [0.2, 0.25) is 47.0 Å². The molecule has 318 valence electrons. The molecule has 8 heteroatoms. The lowest BCUT2D eigenvalue weighted by atomic mass is 9.91. The van der Waals surface area contributed by atoms with E-state index in [2.05, 4.69) is 204 Å². The van der Waals surface area contributed by atoms with Crippen LogP contribution in [0, 0.1) is 0 Å². The van der Waals surface area contributed by atoms with Crippen LogP contribution in [0.2, 0.25) is 0 Å². The summed E-state index contributed by atoms with van der Waals surface area (Å²) in [5, 5.41) is 11.7. The van der Waals surface area contributed by atoms with E-state index in [1.54, 1.807) is 0 Å². The van der Waals surface area contributed by atoms with Crippen molar-refractivity contribution >= 4 is 65.7 Å². The van der Waals surface area contributed by atoms with Gasteiger partial charge in [0.25, 0.3) is 0 Å². The molecule has 1 aliphatic heterocycles. The molecule has 0 amide bonds. The quantitative estimate of drug-likeness (QED) is 0.150. The second-order valence-electron chi connectivity index (χ2n) is 18.8. The molecule has 8 nitrogen and oxygen atoms in total. The largest absolute Gasteiger partial charge is 0.455 e. The van der Waals surface area contributed by atoms with Crippen molar-refractivity contribution in [2.24, 2.45) is 7.05 Å². The molecule has 0 spiro atoms. The van der Waals surface area contributed by atoms with Crippen LogP contribution >= 0.6 is 0 Å². The average Bonchev–Trinajstić information content (AvgIpc) is 4.11. The summed E-state index contributed by atoms with van der Waals surface area (Å²) in [6, 6.07) is 58.9. The van der Waals surface area contributed by atoms with Crippen LogP contribution in [0.25, 0.3) is 99.7 Å². The highest BCUT2D eigenvalue weighted by Crippen LogP contribution is 2.46. The molecule has 1 aliphatic rings. The molecular formula is C58H47N6O2+3. The van der Waals surface area contributed by atoms with Gasteiger partial charge in [0, 0.05) is 93.2 Å². The Kier molecular flexibility index (Phi) is 8.47. The highest BCUT2D eigenvalue weighted by atomic mass is 16.3. The lowest BCUT2D eigenvalue weighted by Gasteiger charge is -2.15. The minimum atomic E-state index is -0.174. The fraction of sp³-hybridized carbons (Fsp3) is 0.155. The topological polar surface area (TPSA) is 68.6 Å². The predicted molar refractivity (Wildman–Crippen MR) is 261 cm³/mol. The second-order valence-corrected chi connectivity index (χ2v) is 18.8. The summed E-state index contributed by atoms with van der Waals surface area (Å²) in [6.07, 6.45) is 2.88. The van der Waals surface area contributed by atoms with Crippen molar-refractivity contribution < 1.29 is 22.5 Å². The summed E-state index contributed by atoms with van der Waals surface area (Å²) in [6.45, 7) is 7.86. The Labute approximate surface area is 381 Å². The molecule has 6 aromatic carbocycles. The number of hydrogen-bond acceptors (Lipinski definition) is 4. The number of para-hydroxylation sites is 4. The number of nitrogens with zero attached hydrogens (tertiary/aromatic N) is 6. The zero-order chi connectivity index (χ0) is 44.3. The maximum Gasteiger partial charge on any atom is 0.250 e. The summed E-state index contributed by atoms with van der Waals surface area (Å²) in [7, 11) is 1.99. The normalized spacial score (nSPS) is 13.8. The first-order chi connectivity index (χ1) is 32.3. The monoisotopic (exact) mass is 859 g/mol. The number of fused-ring (bicyclic) bond motifs is 13. The summed E-state index contributed by atoms with van der Waals surface area (Å²) in [5.41, 5.74) is 13.8. The number of hydrogen-bond donors (Lipinski definition) is 0. The van der Waals surface area contributed by atoms with Crippen molar-refractivity contribution in [3.8, 4) is 34.0 Å². The molecule has 13 rings (SSSR count). The predicted octanol–water partition coefficient (Wildman–Crippen LogP) is 11.9. The second kappa shape index (κ2) is 14.5. The van der Waals surface area contributed by atoms with Crippen molar-refractivity contribution in [3.63, 3.8) is 0 Å². The first-order valence-corrected chi connectivity index (χ1v) is 22.9. The van der Waals surface area contributed by atoms with Crippen LogP contribution in [0.5, 0.6) is 0 Å². The third kappa shape index (κ3) is 5.87. The standard InChI is InChI=1S/C58H47N6O2/c1-58(2,3)57-59-56(61(4)60-57)48-21-13-14-32-62(48)33-34-63-44-19-9-5-15-36(44)25-30-46(63)52-38(24-27-41-39-17-7-11-22-50(39)65-54(41)52)35-49-43-29-28-42-40-18-8-12-23-51(40)66-55(42)53(43)47-31-26-37-16-6-10-20-45(37)64(47)49/h5-32,49H,33-35H2,1-4H3/q+3. The van der Waals surface area contributed by atoms with Crippen molar-refractivity contribution in [2.75, 3.05) is 0 Å². The molecule has 6 aromatic heterocycles. The van der Waals surface area contributed by atoms with Gasteiger partial charge in [-0.1, -0.05) is 99.6 Å². The van der Waals surface area contributed by atoms with Crippen LogP contribution in [-0.2, 0) is 32.0 Å². The van der Waals surface area contributed by atoms with Crippen molar-refractivity contribution in [2.45, 2.75) is 51.7 Å². The SMILES string of the molecule is Cn1nc(C(C)(C)C)nc1-c1cccc[n+]1CC[n+]1c(-c2c(CC3c4ccc5c(oc6ccccc65)c4-c4ccc5ccccc5[n+]43)ccc3c2oc2ccccc23)ccc2ccccc21. The number of aryl methyl sites for hydroxylation is 3. The minimum absolute atomic E-state index is 0.0278. The molecule has 0 saturated heterocycles. The van der Waals surface area contributed by atoms with Crippen LogP contribution in [0.3, 0.4) is 0 Å². The molecule has 0 saturated carbocycles. The molecular weight excluding hydrogens is 813 g/mol. The van der Waals surface area contributed by atoms with Crippen LogP contribution in [-0.4, -0.2) is 14.8 Å². The van der Waals surface area contributed by atoms with Gasteiger partial charge in [-0.3, -0.25) is 0 Å². The smallest absolute Gasteiger partial charge is 0.250 e. The van der Waals surface area contributed by atoms with E-state index in [0.717, 1.165) is 84.4 Å². The van der Waals surface area contributed by atoms with E-state index in [0.29, 0.717) is 13.1 Å². The van der Waals surface area contributed by atoms with Crippen molar-refractivity contribution in [3.05, 3.63) is 187 Å². The van der Waals surface area contributed by atoms with Gasteiger partial charge in [0.15, 0.2) is 18.1 Å². The van der Waals surface area contributed by atoms with Crippen LogP contribution in [0.15, 0.2) is 179 Å². The number of pyridine rings is 3. The van der Waals surface area contributed by atoms with E-state index in [1.807, 2.05) is 11.7 Å². The zero-order valence-corrected chi connectivity index (χ0v) is 37.4. The third-order valence-corrected chi connectivity index (χ3v) is 13.8. The van der Waals surface area contributed by atoms with E-state index in [9.17, 15) is 0 Å². The summed E-state index contributed by atoms with van der Waals surface area (Å²) >= 11 is 0. The van der Waals surface area contributed by atoms with Gasteiger partial charge in [0.05, 0.1) is 11.1 Å². The lowest BCUT2D eigenvalue weighted by Crippen LogP contribution is -2.47. The first-order valence-electron chi connectivity index (χ1n) is 22.9. The molecule has 0 fully saturated rings. The highest BCUT2D eigenvalue weighted by molar-refractivity contribution is 6.11. The summed E-state index contributed by atoms with van der Waals surface area (Å²) < 4.78 is 23.1. The van der Waals surface area contributed by atoms with Gasteiger partial charge in [-0.2, -0.15) is 18.8 Å². The average molecular weight is 860 g/mol. The number of benzene rings is 6. The molecule has 0 aliphatic carbocycles. The van der Waals surface area contributed by atoms with E-state index < -0.39 is 0 Å². The maximum atomic E-state index is 7.04. The fourth-order valence-corrected chi connectivity index (χ4v) is 10.7. The van der Waals surface area contributed by atoms with E-state index in [1.165, 1.54) is 38.7 Å². The Morgan fingerprint density at radius 2 is 1.18 bits per heavy atom. The Morgan fingerprint density at radius 1 is 0.561 bits per heavy atom. The fourth-order valence-electron chi connectivity index (χ4n) is 10.7. The van der Waals surface area contributed by atoms with E-state index in [4.69, 9.17) is 18.9 Å². The Morgan fingerprint density at radius 3 is 1.91 bits per heavy atom. The number of aromatic nitrogens is 6.